The van der Waals surface area contributed by atoms with Crippen molar-refractivity contribution in [3.63, 3.8) is 0 Å². The largest absolute Gasteiger partial charge is 0.383 e. The fraction of sp³-hybridized carbons (Fsp3) is 0.500. The van der Waals surface area contributed by atoms with Gasteiger partial charge < -0.3 is 15.4 Å². The van der Waals surface area contributed by atoms with Gasteiger partial charge in [0.05, 0.1) is 16.1 Å². The molecule has 0 radical (unpaired) electrons. The lowest BCUT2D eigenvalue weighted by molar-refractivity contribution is 0.181. The van der Waals surface area contributed by atoms with Crippen molar-refractivity contribution >= 4 is 33.3 Å². The second-order valence-corrected chi connectivity index (χ2v) is 4.85. The van der Waals surface area contributed by atoms with E-state index in [4.69, 9.17) is 22.1 Å². The van der Waals surface area contributed by atoms with Gasteiger partial charge in [-0.05, 0) is 22.0 Å². The summed E-state index contributed by atoms with van der Waals surface area (Å²) in [6, 6.07) is 1.77. The summed E-state index contributed by atoms with van der Waals surface area (Å²) in [6.45, 7) is 1.19. The molecule has 2 N–H and O–H groups in total. The zero-order valence-electron chi connectivity index (χ0n) is 9.28. The molecule has 1 aromatic heterocycles. The number of nitrogens with two attached hydrogens (primary N) is 1. The van der Waals surface area contributed by atoms with Crippen molar-refractivity contribution in [2.75, 3.05) is 32.2 Å². The lowest BCUT2D eigenvalue weighted by Crippen LogP contribution is -2.38. The third-order valence-electron chi connectivity index (χ3n) is 2.04. The van der Waals surface area contributed by atoms with Gasteiger partial charge in [0.2, 0.25) is 0 Å². The highest BCUT2D eigenvalue weighted by molar-refractivity contribution is 9.10. The number of likely N-dealkylation sites (N-methyl/N-ethyl adjacent to an activating group) is 1. The van der Waals surface area contributed by atoms with Gasteiger partial charge in [-0.3, -0.25) is 0 Å². The smallest absolute Gasteiger partial charge is 0.142 e. The van der Waals surface area contributed by atoms with E-state index in [0.717, 1.165) is 10.3 Å². The van der Waals surface area contributed by atoms with Gasteiger partial charge in [0.25, 0.3) is 0 Å². The van der Waals surface area contributed by atoms with Crippen LogP contribution in [0.25, 0.3) is 0 Å². The van der Waals surface area contributed by atoms with Gasteiger partial charge in [-0.25, -0.2) is 4.98 Å². The first-order chi connectivity index (χ1) is 7.54. The van der Waals surface area contributed by atoms with Crippen LogP contribution in [0.5, 0.6) is 0 Å². The highest BCUT2D eigenvalue weighted by atomic mass is 79.9. The van der Waals surface area contributed by atoms with Crippen molar-refractivity contribution in [3.8, 4) is 0 Å². The van der Waals surface area contributed by atoms with Gasteiger partial charge in [0.1, 0.15) is 5.82 Å². The molecule has 0 saturated heterocycles. The van der Waals surface area contributed by atoms with Gasteiger partial charge in [0, 0.05) is 32.9 Å². The highest BCUT2D eigenvalue weighted by Crippen LogP contribution is 2.25. The van der Waals surface area contributed by atoms with Crippen LogP contribution in [0.15, 0.2) is 16.7 Å². The van der Waals surface area contributed by atoms with E-state index in [1.54, 1.807) is 13.3 Å². The average Bonchev–Trinajstić information content (AvgIpc) is 2.17. The molecule has 0 spiro atoms. The number of hydrogen-bond donors (Lipinski definition) is 1. The Kier molecular flexibility index (Phi) is 5.48. The molecule has 1 aromatic rings. The quantitative estimate of drug-likeness (QED) is 0.903. The molecule has 0 fully saturated rings. The molecule has 16 heavy (non-hydrogen) atoms. The van der Waals surface area contributed by atoms with E-state index in [0.29, 0.717) is 18.2 Å². The number of methoxy groups -OCH3 is 1. The van der Waals surface area contributed by atoms with Gasteiger partial charge in [-0.2, -0.15) is 0 Å². The van der Waals surface area contributed by atoms with Crippen LogP contribution in [-0.4, -0.2) is 38.3 Å². The molecule has 0 aliphatic carbocycles. The molecule has 1 rings (SSSR count). The van der Waals surface area contributed by atoms with Crippen LogP contribution in [0.1, 0.15) is 0 Å². The maximum atomic E-state index is 5.87. The number of hydrogen-bond acceptors (Lipinski definition) is 4. The van der Waals surface area contributed by atoms with Crippen molar-refractivity contribution in [3.05, 3.63) is 21.8 Å². The normalized spacial score (nSPS) is 12.6. The molecule has 6 heteroatoms. The summed E-state index contributed by atoms with van der Waals surface area (Å²) in [5.41, 5.74) is 5.87. The first kappa shape index (κ1) is 13.7. The van der Waals surface area contributed by atoms with Crippen LogP contribution in [-0.2, 0) is 4.74 Å². The van der Waals surface area contributed by atoms with Gasteiger partial charge >= 0.3 is 0 Å². The molecule has 4 nitrogen and oxygen atoms in total. The van der Waals surface area contributed by atoms with Crippen LogP contribution in [0.3, 0.4) is 0 Å². The molecule has 0 amide bonds. The number of pyridine rings is 1. The Hall–Kier alpha value is -0.360. The van der Waals surface area contributed by atoms with E-state index in [1.807, 2.05) is 18.0 Å². The summed E-state index contributed by atoms with van der Waals surface area (Å²) in [4.78, 5) is 6.20. The SMILES string of the molecule is COCC(N)CN(C)c1ncc(Cl)cc1Br. The predicted octanol–water partition coefficient (Wildman–Crippen LogP) is 1.91. The standard InChI is InChI=1S/C10H15BrClN3O/c1-15(5-8(13)6-16-2)10-9(11)3-7(12)4-14-10/h3-4,8H,5-6,13H2,1-2H3. The maximum Gasteiger partial charge on any atom is 0.142 e. The van der Waals surface area contributed by atoms with Crippen LogP contribution in [0.2, 0.25) is 5.02 Å². The Labute approximate surface area is 109 Å². The minimum absolute atomic E-state index is 0.0422. The second-order valence-electron chi connectivity index (χ2n) is 3.55. The van der Waals surface area contributed by atoms with Gasteiger partial charge in [-0.15, -0.1) is 0 Å². The number of anilines is 1. The number of halogens is 2. The first-order valence-electron chi connectivity index (χ1n) is 4.81. The van der Waals surface area contributed by atoms with E-state index in [-0.39, 0.29) is 6.04 Å². The first-order valence-corrected chi connectivity index (χ1v) is 5.98. The third kappa shape index (κ3) is 3.90. The van der Waals surface area contributed by atoms with Crippen LogP contribution < -0.4 is 10.6 Å². The molecular formula is C10H15BrClN3O. The zero-order valence-corrected chi connectivity index (χ0v) is 11.6. The molecule has 0 aromatic carbocycles. The lowest BCUT2D eigenvalue weighted by atomic mass is 10.3. The molecule has 1 heterocycles. The summed E-state index contributed by atoms with van der Waals surface area (Å²) in [5.74, 6) is 0.816. The Morgan fingerprint density at radius 3 is 2.94 bits per heavy atom. The highest BCUT2D eigenvalue weighted by Gasteiger charge is 2.11. The summed E-state index contributed by atoms with van der Waals surface area (Å²) >= 11 is 9.24. The Morgan fingerprint density at radius 1 is 1.69 bits per heavy atom. The summed E-state index contributed by atoms with van der Waals surface area (Å²) < 4.78 is 5.84. The summed E-state index contributed by atoms with van der Waals surface area (Å²) in [5, 5.41) is 0.602. The molecule has 0 aliphatic heterocycles. The minimum Gasteiger partial charge on any atom is -0.383 e. The van der Waals surface area contributed by atoms with Crippen molar-refractivity contribution in [1.82, 2.24) is 4.98 Å². The van der Waals surface area contributed by atoms with E-state index in [2.05, 4.69) is 20.9 Å². The maximum absolute atomic E-state index is 5.87. The molecular weight excluding hydrogens is 293 g/mol. The van der Waals surface area contributed by atoms with E-state index < -0.39 is 0 Å². The number of aromatic nitrogens is 1. The van der Waals surface area contributed by atoms with Crippen molar-refractivity contribution in [1.29, 1.82) is 0 Å². The van der Waals surface area contributed by atoms with Gasteiger partial charge in [-0.1, -0.05) is 11.6 Å². The fourth-order valence-electron chi connectivity index (χ4n) is 1.39. The van der Waals surface area contributed by atoms with E-state index in [1.165, 1.54) is 0 Å². The molecule has 1 unspecified atom stereocenters. The van der Waals surface area contributed by atoms with Crippen LogP contribution in [0, 0.1) is 0 Å². The Balaban J connectivity index is 2.69. The Morgan fingerprint density at radius 2 is 2.38 bits per heavy atom. The van der Waals surface area contributed by atoms with E-state index >= 15 is 0 Å². The minimum atomic E-state index is -0.0422. The second kappa shape index (κ2) is 6.39. The zero-order chi connectivity index (χ0) is 12.1. The van der Waals surface area contributed by atoms with Crippen LogP contribution >= 0.6 is 27.5 Å². The average molecular weight is 309 g/mol. The van der Waals surface area contributed by atoms with Crippen molar-refractivity contribution < 1.29 is 4.74 Å². The number of ether oxygens (including phenoxy) is 1. The van der Waals surface area contributed by atoms with Gasteiger partial charge in [0.15, 0.2) is 0 Å². The predicted molar refractivity (Wildman–Crippen MR) is 70.1 cm³/mol. The monoisotopic (exact) mass is 307 g/mol. The Bertz CT molecular complexity index is 351. The molecule has 0 bridgehead atoms. The number of rotatable bonds is 5. The van der Waals surface area contributed by atoms with E-state index in [9.17, 15) is 0 Å². The molecule has 0 aliphatic rings. The topological polar surface area (TPSA) is 51.4 Å². The molecule has 1 atom stereocenters. The molecule has 90 valence electrons. The van der Waals surface area contributed by atoms with Crippen LogP contribution in [0.4, 0.5) is 5.82 Å². The molecule has 0 saturated carbocycles. The summed E-state index contributed by atoms with van der Waals surface area (Å²) in [7, 11) is 3.56. The summed E-state index contributed by atoms with van der Waals surface area (Å²) in [6.07, 6.45) is 1.61. The fourth-order valence-corrected chi connectivity index (χ4v) is 2.33. The lowest BCUT2D eigenvalue weighted by Gasteiger charge is -2.22. The third-order valence-corrected chi connectivity index (χ3v) is 2.83. The van der Waals surface area contributed by atoms with Crippen molar-refractivity contribution in [2.24, 2.45) is 5.73 Å². The van der Waals surface area contributed by atoms with Crippen molar-refractivity contribution in [2.45, 2.75) is 6.04 Å². The number of nitrogens with zero attached hydrogens (tertiary/aromatic N) is 2.